The van der Waals surface area contributed by atoms with Crippen LogP contribution < -0.4 is 33.2 Å². The van der Waals surface area contributed by atoms with Crippen molar-refractivity contribution in [3.8, 4) is 40.2 Å². The summed E-state index contributed by atoms with van der Waals surface area (Å²) in [5.74, 6) is -4.31. The number of ether oxygens (including phenoxy) is 7. The second kappa shape index (κ2) is 16.3. The number of rotatable bonds is 7. The first-order valence-corrected chi connectivity index (χ1v) is 15.4. The normalized spacial score (nSPS) is 10.4. The predicted octanol–water partition coefficient (Wildman–Crippen LogP) is 6.31. The van der Waals surface area contributed by atoms with Crippen LogP contribution in [0.5, 0.6) is 40.2 Å². The highest BCUT2D eigenvalue weighted by Crippen LogP contribution is 2.47. The third-order valence-corrected chi connectivity index (χ3v) is 6.65. The van der Waals surface area contributed by atoms with Crippen LogP contribution in [-0.4, -0.2) is 41.8 Å². The molecule has 0 saturated heterocycles. The van der Waals surface area contributed by atoms with Crippen LogP contribution >= 0.6 is 0 Å². The van der Waals surface area contributed by atoms with Gasteiger partial charge in [-0.2, -0.15) is 0 Å². The summed E-state index contributed by atoms with van der Waals surface area (Å²) in [5.41, 5.74) is 0. The Labute approximate surface area is 296 Å². The zero-order chi connectivity index (χ0) is 38.3. The van der Waals surface area contributed by atoms with Crippen molar-refractivity contribution in [1.29, 1.82) is 0 Å². The minimum atomic E-state index is -0.686. The second-order valence-corrected chi connectivity index (χ2v) is 11.0. The number of hydrogen-bond donors (Lipinski definition) is 0. The number of benzene rings is 5. The average Bonchev–Trinajstić information content (AvgIpc) is 3.02. The van der Waals surface area contributed by atoms with E-state index >= 15 is 0 Å². The van der Waals surface area contributed by atoms with Gasteiger partial charge in [0, 0.05) is 48.5 Å². The molecule has 0 spiro atoms. The fourth-order valence-corrected chi connectivity index (χ4v) is 5.08. The van der Waals surface area contributed by atoms with Gasteiger partial charge in [-0.15, -0.1) is 0 Å². The molecule has 268 valence electrons. The van der Waals surface area contributed by atoms with E-state index in [1.165, 1.54) is 84.9 Å². The van der Waals surface area contributed by atoms with Crippen molar-refractivity contribution < 1.29 is 66.7 Å². The Morgan fingerprint density at radius 1 is 0.308 bits per heavy atom. The zero-order valence-electron chi connectivity index (χ0n) is 29.1. The smallest absolute Gasteiger partial charge is 0.308 e. The number of esters is 7. The van der Waals surface area contributed by atoms with Crippen LogP contribution in [-0.2, 0) is 33.6 Å². The number of carbonyl (C=O) groups is 7. The van der Waals surface area contributed by atoms with E-state index in [1.54, 1.807) is 12.1 Å². The number of para-hydroxylation sites is 1. The Balaban J connectivity index is 0.000000521. The molecule has 5 aromatic carbocycles. The molecule has 0 aliphatic heterocycles. The van der Waals surface area contributed by atoms with E-state index in [2.05, 4.69) is 0 Å². The summed E-state index contributed by atoms with van der Waals surface area (Å²) in [7, 11) is 0. The summed E-state index contributed by atoms with van der Waals surface area (Å²) in [5, 5.41) is 2.51. The number of fused-ring (bicyclic) bond motifs is 6. The van der Waals surface area contributed by atoms with E-state index in [0.717, 1.165) is 0 Å². The van der Waals surface area contributed by atoms with Gasteiger partial charge in [0.15, 0.2) is 34.5 Å². The minimum absolute atomic E-state index is 0.0827. The number of carbonyl (C=O) groups excluding carboxylic acids is 7. The lowest BCUT2D eigenvalue weighted by atomic mass is 9.93. The molecule has 14 heteroatoms. The van der Waals surface area contributed by atoms with E-state index < -0.39 is 35.8 Å². The lowest BCUT2D eigenvalue weighted by molar-refractivity contribution is -0.134. The van der Waals surface area contributed by atoms with Crippen molar-refractivity contribution in [2.45, 2.75) is 48.5 Å². The summed E-state index contributed by atoms with van der Waals surface area (Å²) in [4.78, 5) is 81.8. The van der Waals surface area contributed by atoms with Gasteiger partial charge in [-0.1, -0.05) is 18.2 Å². The zero-order valence-corrected chi connectivity index (χ0v) is 29.1. The highest BCUT2D eigenvalue weighted by atomic mass is 16.6. The first-order chi connectivity index (χ1) is 24.5. The average molecular weight is 713 g/mol. The van der Waals surface area contributed by atoms with Crippen LogP contribution in [0.15, 0.2) is 66.7 Å². The maximum absolute atomic E-state index is 11.9. The van der Waals surface area contributed by atoms with Crippen molar-refractivity contribution in [3.05, 3.63) is 66.7 Å². The van der Waals surface area contributed by atoms with Gasteiger partial charge in [-0.25, -0.2) is 0 Å². The van der Waals surface area contributed by atoms with Gasteiger partial charge >= 0.3 is 41.8 Å². The lowest BCUT2D eigenvalue weighted by Gasteiger charge is -2.18. The molecule has 0 N–H and O–H groups in total. The highest BCUT2D eigenvalue weighted by Gasteiger charge is 2.22. The van der Waals surface area contributed by atoms with Gasteiger partial charge in [0.1, 0.15) is 5.75 Å². The Morgan fingerprint density at radius 2 is 0.500 bits per heavy atom. The Hall–Kier alpha value is -6.83. The Morgan fingerprint density at radius 3 is 0.673 bits per heavy atom. The van der Waals surface area contributed by atoms with Gasteiger partial charge in [-0.05, 0) is 80.8 Å². The fourth-order valence-electron chi connectivity index (χ4n) is 5.08. The molecule has 0 aliphatic carbocycles. The molecule has 0 aromatic heterocycles. The Bertz CT molecular complexity index is 1900. The molecule has 0 bridgehead atoms. The largest absolute Gasteiger partial charge is 0.427 e. The van der Waals surface area contributed by atoms with Crippen LogP contribution in [0, 0.1) is 0 Å². The molecular weight excluding hydrogens is 680 g/mol. The van der Waals surface area contributed by atoms with Crippen LogP contribution in [0.1, 0.15) is 48.5 Å². The lowest BCUT2D eigenvalue weighted by Crippen LogP contribution is -2.08. The van der Waals surface area contributed by atoms with Crippen molar-refractivity contribution >= 4 is 74.1 Å². The Kier molecular flexibility index (Phi) is 11.9. The maximum Gasteiger partial charge on any atom is 0.308 e. The topological polar surface area (TPSA) is 184 Å². The molecule has 0 heterocycles. The third-order valence-electron chi connectivity index (χ3n) is 6.65. The summed E-state index contributed by atoms with van der Waals surface area (Å²) in [6.07, 6.45) is 0. The molecule has 0 amide bonds. The van der Waals surface area contributed by atoms with Crippen molar-refractivity contribution in [2.24, 2.45) is 0 Å². The van der Waals surface area contributed by atoms with E-state index in [1.807, 2.05) is 18.2 Å². The number of hydrogen-bond acceptors (Lipinski definition) is 14. The predicted molar refractivity (Wildman–Crippen MR) is 185 cm³/mol. The molecule has 0 fully saturated rings. The van der Waals surface area contributed by atoms with Gasteiger partial charge < -0.3 is 33.2 Å². The van der Waals surface area contributed by atoms with Crippen molar-refractivity contribution in [2.75, 3.05) is 0 Å². The standard InChI is InChI=1S/C30H24O12.C8H8O2/c1-13(31)37-25-7-19-20(8-26(25)38-14(2)32)22-10-28(40-16(4)34)30(42-18(6)36)12-24(22)23-11-29(41-17(5)35)27(9-21(19)23)39-15(3)33;1-7(9)10-8-5-3-2-4-6-8/h7-12H,1-6H3;2-6H,1H3. The molecule has 5 aromatic rings. The molecule has 52 heavy (non-hydrogen) atoms. The van der Waals surface area contributed by atoms with Crippen LogP contribution in [0.3, 0.4) is 0 Å². The van der Waals surface area contributed by atoms with Crippen molar-refractivity contribution in [3.63, 3.8) is 0 Å². The van der Waals surface area contributed by atoms with E-state index in [4.69, 9.17) is 33.2 Å². The highest BCUT2D eigenvalue weighted by molar-refractivity contribution is 6.27. The summed E-state index contributed by atoms with van der Waals surface area (Å²) in [6, 6.07) is 17.7. The second-order valence-electron chi connectivity index (χ2n) is 11.0. The molecule has 0 aliphatic rings. The monoisotopic (exact) mass is 712 g/mol. The maximum atomic E-state index is 11.9. The van der Waals surface area contributed by atoms with Crippen LogP contribution in [0.4, 0.5) is 0 Å². The van der Waals surface area contributed by atoms with Crippen molar-refractivity contribution in [1.82, 2.24) is 0 Å². The van der Waals surface area contributed by atoms with Crippen LogP contribution in [0.2, 0.25) is 0 Å². The van der Waals surface area contributed by atoms with Gasteiger partial charge in [-0.3, -0.25) is 33.6 Å². The quantitative estimate of drug-likeness (QED) is 0.104. The van der Waals surface area contributed by atoms with Gasteiger partial charge in [0.2, 0.25) is 0 Å². The first-order valence-electron chi connectivity index (χ1n) is 15.4. The molecule has 0 unspecified atom stereocenters. The molecule has 0 atom stereocenters. The van der Waals surface area contributed by atoms with E-state index in [0.29, 0.717) is 38.1 Å². The molecular formula is C38H32O14. The molecule has 5 rings (SSSR count). The summed E-state index contributed by atoms with van der Waals surface area (Å²) >= 11 is 0. The summed E-state index contributed by atoms with van der Waals surface area (Å²) < 4.78 is 36.7. The molecule has 14 nitrogen and oxygen atoms in total. The first kappa shape index (κ1) is 38.0. The molecule has 0 saturated carbocycles. The molecule has 0 radical (unpaired) electrons. The summed E-state index contributed by atoms with van der Waals surface area (Å²) in [6.45, 7) is 8.42. The van der Waals surface area contributed by atoms with E-state index in [-0.39, 0.29) is 40.5 Å². The SMILES string of the molecule is CC(=O)Oc1cc2c3cc(OC(C)=O)c(OC(C)=O)cc3c3cc(OC(C)=O)c(OC(C)=O)cc3c2cc1OC(C)=O.CC(=O)Oc1ccccc1. The minimum Gasteiger partial charge on any atom is -0.427 e. The third kappa shape index (κ3) is 9.65. The van der Waals surface area contributed by atoms with Crippen LogP contribution in [0.25, 0.3) is 32.3 Å². The van der Waals surface area contributed by atoms with E-state index in [9.17, 15) is 33.6 Å². The fraction of sp³-hybridized carbons (Fsp3) is 0.184. The van der Waals surface area contributed by atoms with Gasteiger partial charge in [0.25, 0.3) is 0 Å². The van der Waals surface area contributed by atoms with Gasteiger partial charge in [0.05, 0.1) is 0 Å².